The van der Waals surface area contributed by atoms with Gasteiger partial charge in [0.1, 0.15) is 0 Å². The number of nitrogens with zero attached hydrogens (tertiary/aromatic N) is 2. The van der Waals surface area contributed by atoms with Crippen LogP contribution < -0.4 is 10.1 Å². The Hall–Kier alpha value is -2.96. The Balaban J connectivity index is 2.02. The van der Waals surface area contributed by atoms with Gasteiger partial charge in [0, 0.05) is 12.2 Å². The number of hydrogen-bond acceptors (Lipinski definition) is 4. The third-order valence-corrected chi connectivity index (χ3v) is 2.79. The SMILES string of the molecule is O=C(/C=C/C(=O)N(O)c1ccccc1)N(O)c1ccccc1. The van der Waals surface area contributed by atoms with E-state index in [9.17, 15) is 20.0 Å². The molecule has 2 N–H and O–H groups in total. The van der Waals surface area contributed by atoms with Gasteiger partial charge in [-0.25, -0.2) is 0 Å². The molecule has 0 aliphatic carbocycles. The molecular weight excluding hydrogens is 284 g/mol. The van der Waals surface area contributed by atoms with E-state index in [1.54, 1.807) is 36.4 Å². The van der Waals surface area contributed by atoms with Gasteiger partial charge in [0.2, 0.25) is 0 Å². The second-order valence-corrected chi connectivity index (χ2v) is 4.30. The highest BCUT2D eigenvalue weighted by Gasteiger charge is 2.13. The first-order valence-corrected chi connectivity index (χ1v) is 6.43. The number of benzene rings is 2. The zero-order chi connectivity index (χ0) is 15.9. The number of hydrogen-bond donors (Lipinski definition) is 2. The molecule has 0 unspecified atom stereocenters. The van der Waals surface area contributed by atoms with E-state index in [0.717, 1.165) is 12.2 Å². The Morgan fingerprint density at radius 1 is 0.682 bits per heavy atom. The maximum Gasteiger partial charge on any atom is 0.274 e. The largest absolute Gasteiger partial charge is 0.281 e. The summed E-state index contributed by atoms with van der Waals surface area (Å²) in [5.74, 6) is -1.61. The molecule has 0 spiro atoms. The van der Waals surface area contributed by atoms with Gasteiger partial charge in [-0.1, -0.05) is 36.4 Å². The number of anilines is 2. The van der Waals surface area contributed by atoms with E-state index in [-0.39, 0.29) is 11.4 Å². The minimum atomic E-state index is -0.805. The van der Waals surface area contributed by atoms with Crippen LogP contribution in [0.2, 0.25) is 0 Å². The molecule has 2 aromatic rings. The van der Waals surface area contributed by atoms with Crippen molar-refractivity contribution in [1.82, 2.24) is 0 Å². The Bertz CT molecular complexity index is 612. The maximum absolute atomic E-state index is 11.7. The van der Waals surface area contributed by atoms with E-state index in [2.05, 4.69) is 0 Å². The zero-order valence-electron chi connectivity index (χ0n) is 11.5. The quantitative estimate of drug-likeness (QED) is 0.516. The summed E-state index contributed by atoms with van der Waals surface area (Å²) >= 11 is 0. The monoisotopic (exact) mass is 298 g/mol. The van der Waals surface area contributed by atoms with Gasteiger partial charge in [0.05, 0.1) is 11.4 Å². The molecule has 0 saturated carbocycles. The van der Waals surface area contributed by atoms with Gasteiger partial charge in [-0.3, -0.25) is 20.0 Å². The first-order valence-electron chi connectivity index (χ1n) is 6.43. The average molecular weight is 298 g/mol. The third kappa shape index (κ3) is 3.78. The van der Waals surface area contributed by atoms with Gasteiger partial charge >= 0.3 is 0 Å². The highest BCUT2D eigenvalue weighted by Crippen LogP contribution is 2.12. The van der Waals surface area contributed by atoms with Crippen molar-refractivity contribution >= 4 is 23.2 Å². The van der Waals surface area contributed by atoms with Gasteiger partial charge in [-0.2, -0.15) is 10.1 Å². The predicted octanol–water partition coefficient (Wildman–Crippen LogP) is 2.39. The van der Waals surface area contributed by atoms with Crippen LogP contribution in [0.4, 0.5) is 11.4 Å². The van der Waals surface area contributed by atoms with E-state index in [1.165, 1.54) is 24.3 Å². The summed E-state index contributed by atoms with van der Waals surface area (Å²) in [5.41, 5.74) is 0.544. The van der Waals surface area contributed by atoms with Crippen molar-refractivity contribution in [3.8, 4) is 0 Å². The van der Waals surface area contributed by atoms with E-state index in [1.807, 2.05) is 0 Å². The Morgan fingerprint density at radius 3 is 1.32 bits per heavy atom. The number of para-hydroxylation sites is 2. The molecule has 0 saturated heterocycles. The molecule has 2 amide bonds. The molecule has 0 radical (unpaired) electrons. The van der Waals surface area contributed by atoms with Crippen LogP contribution in [0.15, 0.2) is 72.8 Å². The van der Waals surface area contributed by atoms with Crippen LogP contribution >= 0.6 is 0 Å². The highest BCUT2D eigenvalue weighted by molar-refractivity contribution is 6.07. The van der Waals surface area contributed by atoms with Gasteiger partial charge in [0.25, 0.3) is 11.8 Å². The summed E-state index contributed by atoms with van der Waals surface area (Å²) in [4.78, 5) is 23.5. The molecule has 6 nitrogen and oxygen atoms in total. The number of carbonyl (C=O) groups excluding carboxylic acids is 2. The van der Waals surface area contributed by atoms with Crippen LogP contribution in [0.5, 0.6) is 0 Å². The van der Waals surface area contributed by atoms with E-state index in [0.29, 0.717) is 10.1 Å². The second kappa shape index (κ2) is 7.16. The first kappa shape index (κ1) is 15.4. The molecule has 0 aliphatic heterocycles. The van der Waals surface area contributed by atoms with Crippen LogP contribution in [-0.4, -0.2) is 22.2 Å². The van der Waals surface area contributed by atoms with Crippen molar-refractivity contribution in [3.05, 3.63) is 72.8 Å². The maximum atomic E-state index is 11.7. The molecule has 6 heteroatoms. The van der Waals surface area contributed by atoms with Crippen LogP contribution in [0.25, 0.3) is 0 Å². The second-order valence-electron chi connectivity index (χ2n) is 4.30. The molecule has 2 aromatic carbocycles. The third-order valence-electron chi connectivity index (χ3n) is 2.79. The van der Waals surface area contributed by atoms with Crippen LogP contribution in [-0.2, 0) is 9.59 Å². The summed E-state index contributed by atoms with van der Waals surface area (Å²) in [5, 5.41) is 20.2. The Morgan fingerprint density at radius 2 is 1.00 bits per heavy atom. The zero-order valence-corrected chi connectivity index (χ0v) is 11.5. The van der Waals surface area contributed by atoms with Crippen LogP contribution in [0.3, 0.4) is 0 Å². The van der Waals surface area contributed by atoms with Crippen LogP contribution in [0, 0.1) is 0 Å². The van der Waals surface area contributed by atoms with Crippen molar-refractivity contribution in [2.45, 2.75) is 0 Å². The van der Waals surface area contributed by atoms with E-state index >= 15 is 0 Å². The lowest BCUT2D eigenvalue weighted by molar-refractivity contribution is -0.121. The van der Waals surface area contributed by atoms with Crippen molar-refractivity contribution in [2.24, 2.45) is 0 Å². The fourth-order valence-corrected chi connectivity index (χ4v) is 1.68. The highest BCUT2D eigenvalue weighted by atomic mass is 16.5. The standard InChI is InChI=1S/C16H14N2O4/c19-15(17(21)13-7-3-1-4-8-13)11-12-16(20)18(22)14-9-5-2-6-10-14/h1-12,21-22H/b12-11+. The molecule has 0 bridgehead atoms. The Labute approximate surface area is 127 Å². The minimum absolute atomic E-state index is 0.272. The summed E-state index contributed by atoms with van der Waals surface area (Å²) in [6.45, 7) is 0. The fraction of sp³-hybridized carbons (Fsp3) is 0. The summed E-state index contributed by atoms with van der Waals surface area (Å²) in [6.07, 6.45) is 1.75. The van der Waals surface area contributed by atoms with Crippen molar-refractivity contribution in [3.63, 3.8) is 0 Å². The molecule has 22 heavy (non-hydrogen) atoms. The number of amides is 2. The average Bonchev–Trinajstić information content (AvgIpc) is 2.59. The normalized spacial score (nSPS) is 10.5. The lowest BCUT2D eigenvalue weighted by Gasteiger charge is -2.13. The smallest absolute Gasteiger partial charge is 0.274 e. The van der Waals surface area contributed by atoms with Gasteiger partial charge in [-0.15, -0.1) is 0 Å². The van der Waals surface area contributed by atoms with Crippen LogP contribution in [0.1, 0.15) is 0 Å². The minimum Gasteiger partial charge on any atom is -0.281 e. The topological polar surface area (TPSA) is 81.1 Å². The van der Waals surface area contributed by atoms with Gasteiger partial charge in [0.15, 0.2) is 0 Å². The number of carbonyl (C=O) groups is 2. The molecule has 0 aromatic heterocycles. The lowest BCUT2D eigenvalue weighted by Crippen LogP contribution is -2.27. The molecular formula is C16H14N2O4. The molecule has 0 atom stereocenters. The molecule has 0 fully saturated rings. The fourth-order valence-electron chi connectivity index (χ4n) is 1.68. The van der Waals surface area contributed by atoms with E-state index < -0.39 is 11.8 Å². The van der Waals surface area contributed by atoms with Crippen molar-refractivity contribution < 1.29 is 20.0 Å². The molecule has 2 rings (SSSR count). The van der Waals surface area contributed by atoms with Gasteiger partial charge in [-0.05, 0) is 24.3 Å². The Kier molecular flexibility index (Phi) is 5.02. The number of rotatable bonds is 4. The van der Waals surface area contributed by atoms with Crippen molar-refractivity contribution in [2.75, 3.05) is 10.1 Å². The predicted molar refractivity (Wildman–Crippen MR) is 80.6 cm³/mol. The molecule has 0 aliphatic rings. The lowest BCUT2D eigenvalue weighted by atomic mass is 10.3. The summed E-state index contributed by atoms with van der Waals surface area (Å²) in [7, 11) is 0. The first-order chi connectivity index (χ1) is 10.6. The van der Waals surface area contributed by atoms with Gasteiger partial charge < -0.3 is 0 Å². The van der Waals surface area contributed by atoms with Crippen molar-refractivity contribution in [1.29, 1.82) is 0 Å². The van der Waals surface area contributed by atoms with E-state index in [4.69, 9.17) is 0 Å². The molecule has 112 valence electrons. The summed E-state index contributed by atoms with van der Waals surface area (Å²) < 4.78 is 0. The number of hydroxylamine groups is 2. The molecule has 0 heterocycles. The summed E-state index contributed by atoms with van der Waals surface area (Å²) in [6, 6.07) is 16.3.